The Hall–Kier alpha value is -3.15. The van der Waals surface area contributed by atoms with Crippen molar-refractivity contribution in [2.24, 2.45) is 7.05 Å². The van der Waals surface area contributed by atoms with E-state index in [1.807, 2.05) is 6.92 Å². The summed E-state index contributed by atoms with van der Waals surface area (Å²) >= 11 is 0. The zero-order valence-electron chi connectivity index (χ0n) is 12.7. The number of carbonyl (C=O) groups excluding carboxylic acids is 1. The van der Waals surface area contributed by atoms with E-state index in [9.17, 15) is 14.7 Å². The average Bonchev–Trinajstić information content (AvgIpc) is 2.54. The molecule has 0 bridgehead atoms. The number of rotatable bonds is 2. The number of phenolic OH excluding ortho intramolecular Hbond substituents is 1. The minimum atomic E-state index is -0.655. The van der Waals surface area contributed by atoms with Crippen LogP contribution >= 0.6 is 0 Å². The second-order valence-corrected chi connectivity index (χ2v) is 5.29. The van der Waals surface area contributed by atoms with Crippen molar-refractivity contribution in [1.82, 2.24) is 9.55 Å². The van der Waals surface area contributed by atoms with Crippen LogP contribution in [-0.2, 0) is 7.05 Å². The summed E-state index contributed by atoms with van der Waals surface area (Å²) < 4.78 is 1.38. The van der Waals surface area contributed by atoms with Crippen molar-refractivity contribution in [1.29, 1.82) is 0 Å². The number of amides is 1. The molecule has 6 heteroatoms. The summed E-state index contributed by atoms with van der Waals surface area (Å²) in [5, 5.41) is 12.3. The molecule has 1 amide bonds. The number of nitrogens with one attached hydrogen (secondary N) is 1. The normalized spacial score (nSPS) is 10.7. The lowest BCUT2D eigenvalue weighted by Gasteiger charge is -2.10. The molecule has 116 valence electrons. The van der Waals surface area contributed by atoms with Gasteiger partial charge in [0, 0.05) is 7.05 Å². The molecule has 0 saturated heterocycles. The fourth-order valence-electron chi connectivity index (χ4n) is 2.36. The predicted octanol–water partition coefficient (Wildman–Crippen LogP) is 2.20. The minimum Gasteiger partial charge on any atom is -0.506 e. The number of aromatic hydroxyl groups is 1. The molecule has 1 heterocycles. The van der Waals surface area contributed by atoms with Gasteiger partial charge in [-0.15, -0.1) is 0 Å². The van der Waals surface area contributed by atoms with Crippen molar-refractivity contribution < 1.29 is 9.90 Å². The van der Waals surface area contributed by atoms with Crippen molar-refractivity contribution in [3.05, 3.63) is 64.1 Å². The van der Waals surface area contributed by atoms with Gasteiger partial charge in [0.1, 0.15) is 5.75 Å². The number of anilines is 1. The van der Waals surface area contributed by atoms with Crippen molar-refractivity contribution in [3.8, 4) is 5.75 Å². The monoisotopic (exact) mass is 309 g/mol. The van der Waals surface area contributed by atoms with Gasteiger partial charge in [-0.1, -0.05) is 18.2 Å². The number of aromatic nitrogens is 2. The van der Waals surface area contributed by atoms with Gasteiger partial charge >= 0.3 is 0 Å². The fourth-order valence-corrected chi connectivity index (χ4v) is 2.36. The second-order valence-electron chi connectivity index (χ2n) is 5.29. The van der Waals surface area contributed by atoms with Gasteiger partial charge in [-0.25, -0.2) is 4.98 Å². The summed E-state index contributed by atoms with van der Waals surface area (Å²) in [6.07, 6.45) is 0. The van der Waals surface area contributed by atoms with Gasteiger partial charge in [0.2, 0.25) is 0 Å². The van der Waals surface area contributed by atoms with Crippen molar-refractivity contribution >= 4 is 22.6 Å². The molecule has 6 nitrogen and oxygen atoms in total. The molecule has 2 N–H and O–H groups in total. The first kappa shape index (κ1) is 14.8. The average molecular weight is 309 g/mol. The van der Waals surface area contributed by atoms with E-state index >= 15 is 0 Å². The number of phenols is 1. The van der Waals surface area contributed by atoms with Gasteiger partial charge < -0.3 is 15.0 Å². The Bertz CT molecular complexity index is 976. The van der Waals surface area contributed by atoms with E-state index in [4.69, 9.17) is 0 Å². The van der Waals surface area contributed by atoms with E-state index in [0.717, 1.165) is 5.56 Å². The molecule has 3 aromatic rings. The highest BCUT2D eigenvalue weighted by Crippen LogP contribution is 2.24. The molecule has 0 aliphatic rings. The van der Waals surface area contributed by atoms with Crippen LogP contribution in [0.2, 0.25) is 0 Å². The van der Waals surface area contributed by atoms with E-state index in [1.54, 1.807) is 43.4 Å². The molecule has 0 aliphatic heterocycles. The molecule has 0 fully saturated rings. The zero-order chi connectivity index (χ0) is 16.6. The van der Waals surface area contributed by atoms with Crippen LogP contribution in [-0.4, -0.2) is 20.6 Å². The number of fused-ring (bicyclic) bond motifs is 1. The second kappa shape index (κ2) is 5.57. The first-order chi connectivity index (χ1) is 11.0. The number of para-hydroxylation sites is 2. The third-order valence-electron chi connectivity index (χ3n) is 3.60. The van der Waals surface area contributed by atoms with Crippen molar-refractivity contribution in [3.63, 3.8) is 0 Å². The molecule has 1 aromatic heterocycles. The van der Waals surface area contributed by atoms with Gasteiger partial charge in [-0.05, 0) is 36.8 Å². The molecule has 0 atom stereocenters. The maximum atomic E-state index is 12.4. The van der Waals surface area contributed by atoms with Crippen LogP contribution in [0.15, 0.2) is 47.3 Å². The molecule has 0 radical (unpaired) electrons. The smallest absolute Gasteiger partial charge is 0.282 e. The quantitative estimate of drug-likeness (QED) is 0.711. The fraction of sp³-hybridized carbons (Fsp3) is 0.118. The Morgan fingerprint density at radius 2 is 1.96 bits per heavy atom. The Morgan fingerprint density at radius 1 is 1.22 bits per heavy atom. The summed E-state index contributed by atoms with van der Waals surface area (Å²) in [6.45, 7) is 1.84. The van der Waals surface area contributed by atoms with Crippen molar-refractivity contribution in [2.45, 2.75) is 6.92 Å². The summed E-state index contributed by atoms with van der Waals surface area (Å²) in [7, 11) is 1.59. The summed E-state index contributed by atoms with van der Waals surface area (Å²) in [6, 6.07) is 11.9. The molecular formula is C17H15N3O3. The van der Waals surface area contributed by atoms with E-state index in [2.05, 4.69) is 10.3 Å². The van der Waals surface area contributed by atoms with E-state index in [0.29, 0.717) is 11.0 Å². The lowest BCUT2D eigenvalue weighted by molar-refractivity contribution is 0.102. The number of hydrogen-bond donors (Lipinski definition) is 2. The van der Waals surface area contributed by atoms with Crippen LogP contribution in [0.1, 0.15) is 16.1 Å². The highest BCUT2D eigenvalue weighted by Gasteiger charge is 2.17. The topological polar surface area (TPSA) is 84.2 Å². The number of carbonyl (C=O) groups is 1. The number of aryl methyl sites for hydroxylation is 2. The van der Waals surface area contributed by atoms with Gasteiger partial charge in [-0.3, -0.25) is 9.59 Å². The van der Waals surface area contributed by atoms with Crippen LogP contribution in [0.3, 0.4) is 0 Å². The molecule has 0 aliphatic carbocycles. The van der Waals surface area contributed by atoms with E-state index < -0.39 is 11.5 Å². The van der Waals surface area contributed by atoms with Crippen LogP contribution in [0.4, 0.5) is 5.69 Å². The van der Waals surface area contributed by atoms with E-state index in [1.165, 1.54) is 10.6 Å². The third kappa shape index (κ3) is 2.66. The summed E-state index contributed by atoms with van der Waals surface area (Å²) in [4.78, 5) is 28.9. The minimum absolute atomic E-state index is 0.0680. The molecule has 0 unspecified atom stereocenters. The Balaban J connectivity index is 2.06. The highest BCUT2D eigenvalue weighted by molar-refractivity contribution is 6.04. The third-order valence-corrected chi connectivity index (χ3v) is 3.60. The first-order valence-corrected chi connectivity index (χ1v) is 7.04. The standard InChI is InChI=1S/C17H15N3O3/c1-10-7-8-14(21)12(9-10)19-16(22)15-17(23)20(2)13-6-4-3-5-11(13)18-15/h3-9,21H,1-2H3,(H,19,22). The maximum Gasteiger partial charge on any atom is 0.282 e. The van der Waals surface area contributed by atoms with E-state index in [-0.39, 0.29) is 17.1 Å². The lowest BCUT2D eigenvalue weighted by Crippen LogP contribution is -2.29. The summed E-state index contributed by atoms with van der Waals surface area (Å²) in [5.74, 6) is -0.723. The van der Waals surface area contributed by atoms with Crippen LogP contribution in [0.25, 0.3) is 11.0 Å². The first-order valence-electron chi connectivity index (χ1n) is 7.04. The van der Waals surface area contributed by atoms with Crippen LogP contribution in [0, 0.1) is 6.92 Å². The van der Waals surface area contributed by atoms with Crippen LogP contribution < -0.4 is 10.9 Å². The molecule has 0 spiro atoms. The number of benzene rings is 2. The van der Waals surface area contributed by atoms with Gasteiger partial charge in [0.15, 0.2) is 5.69 Å². The van der Waals surface area contributed by atoms with Gasteiger partial charge in [0.05, 0.1) is 16.7 Å². The highest BCUT2D eigenvalue weighted by atomic mass is 16.3. The van der Waals surface area contributed by atoms with Gasteiger partial charge in [0.25, 0.3) is 11.5 Å². The Morgan fingerprint density at radius 3 is 2.74 bits per heavy atom. The number of hydrogen-bond acceptors (Lipinski definition) is 4. The van der Waals surface area contributed by atoms with Gasteiger partial charge in [-0.2, -0.15) is 0 Å². The Labute approximate surface area is 132 Å². The molecule has 23 heavy (non-hydrogen) atoms. The molecule has 2 aromatic carbocycles. The maximum absolute atomic E-state index is 12.4. The largest absolute Gasteiger partial charge is 0.506 e. The molecule has 0 saturated carbocycles. The Kier molecular flexibility index (Phi) is 3.57. The molecule has 3 rings (SSSR count). The SMILES string of the molecule is Cc1ccc(O)c(NC(=O)c2nc3ccccc3n(C)c2=O)c1. The molecular weight excluding hydrogens is 294 g/mol. The van der Waals surface area contributed by atoms with Crippen molar-refractivity contribution in [2.75, 3.05) is 5.32 Å². The summed E-state index contributed by atoms with van der Waals surface area (Å²) in [5.41, 5.74) is 1.60. The number of nitrogens with zero attached hydrogens (tertiary/aromatic N) is 2. The van der Waals surface area contributed by atoms with Crippen LogP contribution in [0.5, 0.6) is 5.75 Å². The lowest BCUT2D eigenvalue weighted by atomic mass is 10.2. The predicted molar refractivity (Wildman–Crippen MR) is 87.8 cm³/mol. The zero-order valence-corrected chi connectivity index (χ0v) is 12.7.